The number of aromatic nitrogens is 2. The van der Waals surface area contributed by atoms with Crippen LogP contribution in [-0.4, -0.2) is 63.0 Å². The fraction of sp³-hybridized carbons (Fsp3) is 0.250. The topological polar surface area (TPSA) is 92.7 Å². The monoisotopic (exact) mass is 464 g/mol. The van der Waals surface area contributed by atoms with Crippen LogP contribution >= 0.6 is 11.3 Å². The second-order valence-corrected chi connectivity index (χ2v) is 9.45. The first kappa shape index (κ1) is 22.9. The highest BCUT2D eigenvalue weighted by Crippen LogP contribution is 2.26. The third-order valence-corrected chi connectivity index (χ3v) is 7.25. The molecule has 164 valence electrons. The van der Waals surface area contributed by atoms with Crippen molar-refractivity contribution in [2.45, 2.75) is 4.90 Å². The Morgan fingerprint density at radius 1 is 1.19 bits per heavy atom. The summed E-state index contributed by atoms with van der Waals surface area (Å²) < 4.78 is 45.2. The maximum Gasteiger partial charge on any atom is 0.277 e. The molecule has 0 aliphatic heterocycles. The summed E-state index contributed by atoms with van der Waals surface area (Å²) in [5.41, 5.74) is 0.715. The van der Waals surface area contributed by atoms with Gasteiger partial charge in [0.05, 0.1) is 11.5 Å². The first-order chi connectivity index (χ1) is 14.8. The van der Waals surface area contributed by atoms with Gasteiger partial charge in [0.1, 0.15) is 16.4 Å². The van der Waals surface area contributed by atoms with E-state index in [4.69, 9.17) is 4.74 Å². The van der Waals surface area contributed by atoms with Crippen molar-refractivity contribution in [1.29, 1.82) is 0 Å². The Bertz CT molecular complexity index is 1170. The number of pyridine rings is 1. The van der Waals surface area contributed by atoms with Crippen LogP contribution in [0.3, 0.4) is 0 Å². The number of halogens is 1. The van der Waals surface area contributed by atoms with Gasteiger partial charge in [-0.25, -0.2) is 17.8 Å². The number of carbonyl (C=O) groups is 1. The number of likely N-dealkylation sites (N-methyl/N-ethyl adjacent to an activating group) is 1. The average Bonchev–Trinajstić information content (AvgIpc) is 3.26. The minimum atomic E-state index is -3.66. The molecule has 0 bridgehead atoms. The minimum absolute atomic E-state index is 0.0846. The first-order valence-electron chi connectivity index (χ1n) is 9.15. The van der Waals surface area contributed by atoms with E-state index in [2.05, 4.69) is 9.97 Å². The maximum absolute atomic E-state index is 13.9. The molecule has 0 aliphatic rings. The molecular weight excluding hydrogens is 443 g/mol. The van der Waals surface area contributed by atoms with Gasteiger partial charge in [0.2, 0.25) is 10.0 Å². The van der Waals surface area contributed by atoms with Crippen molar-refractivity contribution < 1.29 is 22.3 Å². The highest BCUT2D eigenvalue weighted by atomic mass is 32.2. The lowest BCUT2D eigenvalue weighted by atomic mass is 10.3. The SMILES string of the molecule is COCCN(C)S(=O)(=O)c1ccc(N(C)C(=O)c2csc(-c3ncccc3F)n2)cc1. The number of rotatable bonds is 8. The van der Waals surface area contributed by atoms with E-state index in [0.29, 0.717) is 10.7 Å². The van der Waals surface area contributed by atoms with Gasteiger partial charge in [-0.05, 0) is 36.4 Å². The molecule has 0 unspecified atom stereocenters. The number of anilines is 1. The van der Waals surface area contributed by atoms with Crippen LogP contribution in [0, 0.1) is 5.82 Å². The second kappa shape index (κ2) is 9.60. The Morgan fingerprint density at radius 2 is 1.90 bits per heavy atom. The summed E-state index contributed by atoms with van der Waals surface area (Å²) >= 11 is 1.12. The fourth-order valence-corrected chi connectivity index (χ4v) is 4.62. The highest BCUT2D eigenvalue weighted by Gasteiger charge is 2.22. The Balaban J connectivity index is 1.77. The van der Waals surface area contributed by atoms with Gasteiger partial charge in [-0.1, -0.05) is 0 Å². The van der Waals surface area contributed by atoms with Gasteiger partial charge < -0.3 is 9.64 Å². The van der Waals surface area contributed by atoms with E-state index in [1.54, 1.807) is 19.2 Å². The fourth-order valence-electron chi connectivity index (χ4n) is 2.67. The van der Waals surface area contributed by atoms with E-state index in [9.17, 15) is 17.6 Å². The minimum Gasteiger partial charge on any atom is -0.383 e. The second-order valence-electron chi connectivity index (χ2n) is 6.55. The van der Waals surface area contributed by atoms with E-state index in [-0.39, 0.29) is 29.4 Å². The molecule has 0 aliphatic carbocycles. The van der Waals surface area contributed by atoms with Crippen molar-refractivity contribution in [2.75, 3.05) is 39.3 Å². The summed E-state index contributed by atoms with van der Waals surface area (Å²) in [6.45, 7) is 0.505. The predicted octanol–water partition coefficient (Wildman–Crippen LogP) is 2.89. The van der Waals surface area contributed by atoms with Crippen LogP contribution in [0.4, 0.5) is 10.1 Å². The van der Waals surface area contributed by atoms with Crippen molar-refractivity contribution in [2.24, 2.45) is 0 Å². The average molecular weight is 465 g/mol. The Labute approximate surface area is 184 Å². The maximum atomic E-state index is 13.9. The van der Waals surface area contributed by atoms with Crippen molar-refractivity contribution in [1.82, 2.24) is 14.3 Å². The van der Waals surface area contributed by atoms with Crippen molar-refractivity contribution in [3.05, 3.63) is 59.5 Å². The van der Waals surface area contributed by atoms with E-state index >= 15 is 0 Å². The number of carbonyl (C=O) groups excluding carboxylic acids is 1. The number of benzene rings is 1. The van der Waals surface area contributed by atoms with Crippen LogP contribution in [0.25, 0.3) is 10.7 Å². The summed E-state index contributed by atoms with van der Waals surface area (Å²) in [6.07, 6.45) is 1.45. The lowest BCUT2D eigenvalue weighted by Crippen LogP contribution is -2.30. The van der Waals surface area contributed by atoms with Crippen molar-refractivity contribution in [3.8, 4) is 10.7 Å². The number of thiazole rings is 1. The highest BCUT2D eigenvalue weighted by molar-refractivity contribution is 7.89. The lowest BCUT2D eigenvalue weighted by molar-refractivity contribution is 0.0989. The van der Waals surface area contributed by atoms with Crippen LogP contribution in [0.1, 0.15) is 10.5 Å². The normalized spacial score (nSPS) is 11.6. The van der Waals surface area contributed by atoms with E-state index < -0.39 is 21.7 Å². The molecule has 2 aromatic heterocycles. The van der Waals surface area contributed by atoms with Gasteiger partial charge >= 0.3 is 0 Å². The molecule has 1 amide bonds. The molecule has 31 heavy (non-hydrogen) atoms. The summed E-state index contributed by atoms with van der Waals surface area (Å²) in [5, 5.41) is 1.83. The van der Waals surface area contributed by atoms with Gasteiger partial charge in [-0.2, -0.15) is 4.31 Å². The number of hydrogen-bond acceptors (Lipinski definition) is 7. The molecule has 0 atom stereocenters. The Kier molecular flexibility index (Phi) is 7.11. The Hall–Kier alpha value is -2.73. The summed E-state index contributed by atoms with van der Waals surface area (Å²) in [6, 6.07) is 8.72. The summed E-state index contributed by atoms with van der Waals surface area (Å²) in [5.74, 6) is -0.928. The molecule has 0 spiro atoms. The molecule has 3 aromatic rings. The van der Waals surface area contributed by atoms with E-state index in [1.165, 1.54) is 59.2 Å². The quantitative estimate of drug-likeness (QED) is 0.509. The number of sulfonamides is 1. The number of amides is 1. The van der Waals surface area contributed by atoms with Crippen LogP contribution < -0.4 is 4.90 Å². The van der Waals surface area contributed by atoms with Crippen molar-refractivity contribution >= 4 is 33.0 Å². The van der Waals surface area contributed by atoms with E-state index in [0.717, 1.165) is 11.3 Å². The molecule has 0 saturated heterocycles. The smallest absolute Gasteiger partial charge is 0.277 e. The molecule has 8 nitrogen and oxygen atoms in total. The van der Waals surface area contributed by atoms with Gasteiger partial charge in [-0.3, -0.25) is 9.78 Å². The zero-order valence-electron chi connectivity index (χ0n) is 17.1. The van der Waals surface area contributed by atoms with Gasteiger partial charge in [0.15, 0.2) is 5.82 Å². The van der Waals surface area contributed by atoms with Crippen LogP contribution in [0.15, 0.2) is 52.9 Å². The molecule has 1 aromatic carbocycles. The first-order valence-corrected chi connectivity index (χ1v) is 11.5. The largest absolute Gasteiger partial charge is 0.383 e. The van der Waals surface area contributed by atoms with Crippen LogP contribution in [0.5, 0.6) is 0 Å². The van der Waals surface area contributed by atoms with Crippen LogP contribution in [0.2, 0.25) is 0 Å². The molecule has 2 heterocycles. The molecule has 0 N–H and O–H groups in total. The molecular formula is C20H21FN4O4S2. The number of ether oxygens (including phenoxy) is 1. The molecule has 11 heteroatoms. The standard InChI is InChI=1S/C20H21FN4O4S2/c1-24(11-12-29-3)31(27,28)15-8-6-14(7-9-15)25(2)20(26)17-13-30-19(23-17)18-16(21)5-4-10-22-18/h4-10,13H,11-12H2,1-3H3. The summed E-state index contributed by atoms with van der Waals surface area (Å²) in [7, 11) is 0.866. The molecule has 0 saturated carbocycles. The van der Waals surface area contributed by atoms with Crippen LogP contribution in [-0.2, 0) is 14.8 Å². The van der Waals surface area contributed by atoms with E-state index in [1.807, 2.05) is 0 Å². The zero-order valence-corrected chi connectivity index (χ0v) is 18.8. The number of hydrogen-bond donors (Lipinski definition) is 0. The molecule has 0 fully saturated rings. The van der Waals surface area contributed by atoms with Gasteiger partial charge in [0, 0.05) is 45.0 Å². The molecule has 3 rings (SSSR count). The summed E-state index contributed by atoms with van der Waals surface area (Å²) in [4.78, 5) is 22.4. The number of nitrogens with zero attached hydrogens (tertiary/aromatic N) is 4. The van der Waals surface area contributed by atoms with Crippen molar-refractivity contribution in [3.63, 3.8) is 0 Å². The Morgan fingerprint density at radius 3 is 2.55 bits per heavy atom. The van der Waals surface area contributed by atoms with Gasteiger partial charge in [-0.15, -0.1) is 11.3 Å². The predicted molar refractivity (Wildman–Crippen MR) is 116 cm³/mol. The third kappa shape index (κ3) is 4.96. The third-order valence-electron chi connectivity index (χ3n) is 4.53. The van der Waals surface area contributed by atoms with Gasteiger partial charge in [0.25, 0.3) is 5.91 Å². The number of methoxy groups -OCH3 is 1. The zero-order chi connectivity index (χ0) is 22.6. The lowest BCUT2D eigenvalue weighted by Gasteiger charge is -2.19. The molecule has 0 radical (unpaired) electrons.